The summed E-state index contributed by atoms with van der Waals surface area (Å²) in [6.07, 6.45) is 10.6. The lowest BCUT2D eigenvalue weighted by atomic mass is 10.2. The molecule has 0 aliphatic heterocycles. The van der Waals surface area contributed by atoms with Crippen molar-refractivity contribution < 1.29 is 71.8 Å². The maximum absolute atomic E-state index is 13.6. The van der Waals surface area contributed by atoms with Crippen LogP contribution in [-0.4, -0.2) is 165 Å². The summed E-state index contributed by atoms with van der Waals surface area (Å²) < 4.78 is 43.6. The lowest BCUT2D eigenvalue weighted by molar-refractivity contribution is 0.0405. The SMILES string of the molecule is Cc1c(Nc2cccnc2OC(C)C)nc2c(C(=O)NC3CC3)cnn2c1N.Cc1c(Nc2cccnc2OC(C)C)nc2c(C(=O)NC3CC3)cnn2c1N(C(=O)OC(C)(C)C)C(=O)OC(C)(C)C.Cc1c(Nc2cccnc2OC(C)C)nc2c(C(=O)O)cnn2c1N(C(=O)OC(C)(C)C)C(=O)OC(C)(C)C.NC1CC1. The van der Waals surface area contributed by atoms with Crippen LogP contribution in [0.3, 0.4) is 0 Å². The van der Waals surface area contributed by atoms with E-state index in [1.165, 1.54) is 34.3 Å². The van der Waals surface area contributed by atoms with Gasteiger partial charge >= 0.3 is 30.3 Å². The number of anilines is 9. The number of carbonyl (C=O) groups excluding carboxylic acids is 6. The van der Waals surface area contributed by atoms with Gasteiger partial charge in [0.15, 0.2) is 28.6 Å². The number of carboxylic acids is 1. The van der Waals surface area contributed by atoms with Crippen molar-refractivity contribution in [2.45, 2.75) is 243 Å². The van der Waals surface area contributed by atoms with Crippen LogP contribution in [0.1, 0.15) is 211 Å². The van der Waals surface area contributed by atoms with E-state index in [4.69, 9.17) is 49.6 Å². The third-order valence-electron chi connectivity index (χ3n) is 15.6. The molecule has 0 bridgehead atoms. The number of nitrogens with two attached hydrogens (primary N) is 2. The van der Waals surface area contributed by atoms with E-state index in [9.17, 15) is 38.7 Å². The fraction of sp³-hybridized carbons (Fsp3) is 0.481. The largest absolute Gasteiger partial charge is 0.477 e. The normalized spacial score (nSPS) is 13.5. The third-order valence-corrected chi connectivity index (χ3v) is 15.6. The van der Waals surface area contributed by atoms with Gasteiger partial charge in [-0.05, 0) is 220 Å². The molecule has 9 aromatic heterocycles. The Hall–Kier alpha value is -12.2. The minimum Gasteiger partial charge on any atom is -0.477 e. The molecule has 9 heterocycles. The van der Waals surface area contributed by atoms with Crippen LogP contribution in [0.25, 0.3) is 16.9 Å². The molecular weight excluding hydrogens is 1460 g/mol. The number of carbonyl (C=O) groups is 7. The average Bonchev–Trinajstić information content (AvgIpc) is 1.71. The number of amides is 6. The van der Waals surface area contributed by atoms with Crippen LogP contribution in [0, 0.1) is 20.8 Å². The highest BCUT2D eigenvalue weighted by molar-refractivity contribution is 6.12. The van der Waals surface area contributed by atoms with Gasteiger partial charge in [-0.1, -0.05) is 0 Å². The van der Waals surface area contributed by atoms with Crippen molar-refractivity contribution in [1.29, 1.82) is 0 Å². The summed E-state index contributed by atoms with van der Waals surface area (Å²) in [5, 5.41) is 38.0. The zero-order chi connectivity index (χ0) is 83.1. The molecule has 0 saturated heterocycles. The summed E-state index contributed by atoms with van der Waals surface area (Å²) >= 11 is 0. The minimum atomic E-state index is -1.30. The van der Waals surface area contributed by atoms with Crippen LogP contribution in [0.4, 0.5) is 71.1 Å². The molecule has 6 amide bonds. The highest BCUT2D eigenvalue weighted by atomic mass is 16.6. The Morgan fingerprint density at radius 2 is 0.743 bits per heavy atom. The molecule has 9 aromatic rings. The average molecular weight is 1560 g/mol. The van der Waals surface area contributed by atoms with Gasteiger partial charge in [-0.2, -0.15) is 38.6 Å². The number of carboxylic acid groups (broad SMARTS) is 1. The van der Waals surface area contributed by atoms with Crippen LogP contribution in [-0.2, 0) is 18.9 Å². The summed E-state index contributed by atoms with van der Waals surface area (Å²) in [5.74, 6) is 0.376. The molecule has 0 aromatic carbocycles. The topological polar surface area (TPSA) is 452 Å². The first-order valence-electron chi connectivity index (χ1n) is 37.0. The molecule has 10 N–H and O–H groups in total. The Morgan fingerprint density at radius 3 is 1.03 bits per heavy atom. The van der Waals surface area contributed by atoms with Crippen molar-refractivity contribution in [1.82, 2.24) is 69.4 Å². The summed E-state index contributed by atoms with van der Waals surface area (Å²) in [6, 6.07) is 11.4. The predicted molar refractivity (Wildman–Crippen MR) is 422 cm³/mol. The number of fused-ring (bicyclic) bond motifs is 3. The van der Waals surface area contributed by atoms with Crippen molar-refractivity contribution in [3.63, 3.8) is 0 Å². The van der Waals surface area contributed by atoms with E-state index in [-0.39, 0.29) is 99.3 Å². The maximum Gasteiger partial charge on any atom is 0.425 e. The van der Waals surface area contributed by atoms with Crippen molar-refractivity contribution >= 4 is 111 Å². The highest BCUT2D eigenvalue weighted by Gasteiger charge is 2.40. The first kappa shape index (κ1) is 84.8. The second-order valence-electron chi connectivity index (χ2n) is 31.8. The number of nitrogens with zero attached hydrogens (tertiary/aromatic N) is 14. The van der Waals surface area contributed by atoms with E-state index in [0.717, 1.165) is 41.3 Å². The number of ether oxygens (including phenoxy) is 7. The number of hydrogen-bond donors (Lipinski definition) is 8. The Morgan fingerprint density at radius 1 is 0.460 bits per heavy atom. The highest BCUT2D eigenvalue weighted by Crippen LogP contribution is 2.38. The Labute approximate surface area is 654 Å². The summed E-state index contributed by atoms with van der Waals surface area (Å²) in [7, 11) is 0. The molecule has 0 spiro atoms. The molecule has 36 nitrogen and oxygen atoms in total. The van der Waals surface area contributed by atoms with Crippen LogP contribution in [0.5, 0.6) is 17.6 Å². The van der Waals surface area contributed by atoms with Crippen LogP contribution >= 0.6 is 0 Å². The van der Waals surface area contributed by atoms with E-state index in [1.54, 1.807) is 146 Å². The van der Waals surface area contributed by atoms with Gasteiger partial charge < -0.3 is 76.3 Å². The Bertz CT molecular complexity index is 4940. The van der Waals surface area contributed by atoms with Gasteiger partial charge in [-0.25, -0.2) is 53.9 Å². The molecule has 0 atom stereocenters. The molecule has 12 rings (SSSR count). The predicted octanol–water partition coefficient (Wildman–Crippen LogP) is 13.4. The molecular formula is C77H103N21O15. The fourth-order valence-corrected chi connectivity index (χ4v) is 10.2. The lowest BCUT2D eigenvalue weighted by Crippen LogP contribution is -2.45. The second kappa shape index (κ2) is 34.6. The number of aromatic nitrogens is 12. The molecule has 3 aliphatic carbocycles. The van der Waals surface area contributed by atoms with Gasteiger partial charge in [0.05, 0.1) is 36.9 Å². The molecule has 0 unspecified atom stereocenters. The van der Waals surface area contributed by atoms with Crippen LogP contribution in [0.15, 0.2) is 73.6 Å². The van der Waals surface area contributed by atoms with E-state index in [0.29, 0.717) is 73.7 Å². The summed E-state index contributed by atoms with van der Waals surface area (Å²) in [4.78, 5) is 120. The van der Waals surface area contributed by atoms with Gasteiger partial charge in [0.1, 0.15) is 79.4 Å². The monoisotopic (exact) mass is 1560 g/mol. The van der Waals surface area contributed by atoms with Gasteiger partial charge in [0.25, 0.3) is 11.8 Å². The molecule has 36 heteroatoms. The van der Waals surface area contributed by atoms with Crippen LogP contribution < -0.4 is 62.1 Å². The maximum atomic E-state index is 13.6. The first-order valence-corrected chi connectivity index (χ1v) is 37.0. The van der Waals surface area contributed by atoms with E-state index in [2.05, 4.69) is 66.8 Å². The fourth-order valence-electron chi connectivity index (χ4n) is 10.2. The third kappa shape index (κ3) is 22.7. The number of pyridine rings is 3. The van der Waals surface area contributed by atoms with Crippen LogP contribution in [0.2, 0.25) is 0 Å². The smallest absolute Gasteiger partial charge is 0.425 e. The molecule has 3 fully saturated rings. The Kier molecular flexibility index (Phi) is 25.9. The number of aromatic carboxylic acids is 1. The Balaban J connectivity index is 0.000000192. The quantitative estimate of drug-likeness (QED) is 0.0349. The first-order chi connectivity index (χ1) is 52.8. The number of nitrogens with one attached hydrogen (secondary N) is 5. The standard InChI is InChI=1S/C29H39N7O6.C26H34N6O7.C19H23N7O2.C3H7N/c1-16(2)40-24-20(11-10-14-30-24)33-21-17(3)25(35(26(38)41-28(4,5)6)27(39)42-29(7,8)9)36-22(34-21)19(15-31-36)23(37)32-18-12-13-18;1-14(2)37-20-17(11-10-12-27-20)29-18-15(3)21(32-19(30-18)16(13-28-32)22(33)34)31(23(35)38-25(4,5)6)24(36)39-26(7,8)9;1-10(2)28-19-14(5-4-8-21-19)24-16-11(3)15(20)26-17(25-16)13(9-22-26)18(27)23-12-6-7-12;4-3-1-2-3/h10-11,14-16,18H,12-13H2,1-9H3,(H,32,37)(H,33,34);10-14H,1-9H3,(H,29,30)(H,33,34);4-5,8-10,12H,6-7,20H2,1-3H3,(H,23,27)(H,24,25);3H,1-2,4H2. The van der Waals surface area contributed by atoms with Gasteiger partial charge in [0, 0.05) is 53.4 Å². The van der Waals surface area contributed by atoms with Crippen molar-refractivity contribution in [2.24, 2.45) is 5.73 Å². The van der Waals surface area contributed by atoms with Crippen molar-refractivity contribution in [3.05, 3.63) is 107 Å². The van der Waals surface area contributed by atoms with E-state index in [1.807, 2.05) is 54.5 Å². The number of imide groups is 2. The van der Waals surface area contributed by atoms with Crippen molar-refractivity contribution in [3.8, 4) is 17.6 Å². The lowest BCUT2D eigenvalue weighted by Gasteiger charge is -2.29. The summed E-state index contributed by atoms with van der Waals surface area (Å²) in [6.45, 7) is 36.4. The molecule has 606 valence electrons. The number of nitrogen functional groups attached to an aromatic ring is 1. The molecule has 113 heavy (non-hydrogen) atoms. The minimum absolute atomic E-state index is 0.00769. The summed E-state index contributed by atoms with van der Waals surface area (Å²) in [5.41, 5.74) is 11.3. The second-order valence-corrected chi connectivity index (χ2v) is 31.8. The van der Waals surface area contributed by atoms with E-state index < -0.39 is 52.7 Å². The molecule has 3 saturated carbocycles. The van der Waals surface area contributed by atoms with E-state index >= 15 is 0 Å². The number of rotatable bonds is 19. The van der Waals surface area contributed by atoms with Gasteiger partial charge in [0.2, 0.25) is 17.6 Å². The zero-order valence-corrected chi connectivity index (χ0v) is 67.7. The zero-order valence-electron chi connectivity index (χ0n) is 67.7. The van der Waals surface area contributed by atoms with Crippen molar-refractivity contribution in [2.75, 3.05) is 31.5 Å². The number of hydrogen-bond acceptors (Lipinski definition) is 28. The van der Waals surface area contributed by atoms with Gasteiger partial charge in [-0.15, -0.1) is 0 Å². The van der Waals surface area contributed by atoms with Gasteiger partial charge in [-0.3, -0.25) is 9.59 Å². The molecule has 0 radical (unpaired) electrons. The molecule has 3 aliphatic rings.